The van der Waals surface area contributed by atoms with Gasteiger partial charge in [0.25, 0.3) is 0 Å². The number of carbonyl (C=O) groups is 1. The number of hydrogen-bond donors (Lipinski definition) is 1. The Kier molecular flexibility index (Phi) is 4.31. The molecule has 1 aliphatic heterocycles. The molecule has 1 aliphatic carbocycles. The molecule has 1 saturated heterocycles. The predicted molar refractivity (Wildman–Crippen MR) is 110 cm³/mol. The summed E-state index contributed by atoms with van der Waals surface area (Å²) in [6, 6.07) is 6.47. The Hall–Kier alpha value is -2.87. The second-order valence-electron chi connectivity index (χ2n) is 8.32. The average molecular weight is 394 g/mol. The van der Waals surface area contributed by atoms with Crippen molar-refractivity contribution in [2.24, 2.45) is 13.0 Å². The molecule has 0 radical (unpaired) electrons. The number of likely N-dealkylation sites (tertiary alicyclic amines) is 1. The smallest absolute Gasteiger partial charge is 0.228 e. The van der Waals surface area contributed by atoms with E-state index >= 15 is 0 Å². The summed E-state index contributed by atoms with van der Waals surface area (Å²) < 4.78 is 9.94. The van der Waals surface area contributed by atoms with Crippen molar-refractivity contribution in [3.8, 4) is 17.0 Å². The highest BCUT2D eigenvalue weighted by Crippen LogP contribution is 2.33. The number of aryl methyl sites for hydroxylation is 1. The van der Waals surface area contributed by atoms with Crippen molar-refractivity contribution >= 4 is 17.2 Å². The van der Waals surface area contributed by atoms with Crippen LogP contribution >= 0.6 is 0 Å². The highest BCUT2D eigenvalue weighted by atomic mass is 16.5. The van der Waals surface area contributed by atoms with Crippen LogP contribution in [0.15, 0.2) is 30.6 Å². The number of ether oxygens (including phenoxy) is 1. The molecular formula is C21H26N6O2. The highest BCUT2D eigenvalue weighted by molar-refractivity contribution is 5.93. The van der Waals surface area contributed by atoms with Crippen LogP contribution in [0, 0.1) is 5.92 Å². The Morgan fingerprint density at radius 1 is 1.28 bits per heavy atom. The largest absolute Gasteiger partial charge is 0.485 e. The lowest BCUT2D eigenvalue weighted by Gasteiger charge is -2.14. The topological polar surface area (TPSA) is 76.7 Å². The number of likely N-dealkylation sites (N-methyl/N-ethyl adjacent to an activating group) is 1. The summed E-state index contributed by atoms with van der Waals surface area (Å²) in [6.45, 7) is 3.14. The summed E-state index contributed by atoms with van der Waals surface area (Å²) >= 11 is 0. The lowest BCUT2D eigenvalue weighted by Crippen LogP contribution is -2.23. The molecule has 2 fully saturated rings. The van der Waals surface area contributed by atoms with E-state index < -0.39 is 0 Å². The molecule has 3 aromatic rings. The molecule has 0 unspecified atom stereocenters. The maximum atomic E-state index is 12.0. The van der Waals surface area contributed by atoms with Crippen molar-refractivity contribution in [2.45, 2.75) is 38.3 Å². The lowest BCUT2D eigenvalue weighted by molar-refractivity contribution is -0.117. The van der Waals surface area contributed by atoms with Crippen molar-refractivity contribution in [1.82, 2.24) is 24.3 Å². The van der Waals surface area contributed by atoms with Gasteiger partial charge in [-0.25, -0.2) is 4.52 Å². The minimum Gasteiger partial charge on any atom is -0.485 e. The van der Waals surface area contributed by atoms with Crippen LogP contribution in [0.5, 0.6) is 5.75 Å². The second kappa shape index (κ2) is 6.88. The van der Waals surface area contributed by atoms with E-state index in [4.69, 9.17) is 4.74 Å². The first-order valence-electron chi connectivity index (χ1n) is 10.2. The number of rotatable bonds is 5. The minimum atomic E-state index is 0.0618. The standard InChI is InChI=1S/C21H26N6O2/c1-13-8-17(12-25(13)2)29-18-11-22-26(3)20(18)15-6-7-27-16(9-15)10-19(24-27)23-21(28)14-4-5-14/h6-7,9-11,13-14,17H,4-5,8,12H2,1-3H3,(H,23,24,28)/t13-,17-/m0/s1. The van der Waals surface area contributed by atoms with Gasteiger partial charge in [0.15, 0.2) is 11.6 Å². The Labute approximate surface area is 169 Å². The molecule has 1 saturated carbocycles. The first-order valence-corrected chi connectivity index (χ1v) is 10.2. The molecule has 4 heterocycles. The Balaban J connectivity index is 1.41. The van der Waals surface area contributed by atoms with Crippen molar-refractivity contribution < 1.29 is 9.53 Å². The molecule has 1 N–H and O–H groups in total. The van der Waals surface area contributed by atoms with Gasteiger partial charge < -0.3 is 10.1 Å². The van der Waals surface area contributed by atoms with Crippen LogP contribution in [-0.2, 0) is 11.8 Å². The number of aromatic nitrogens is 4. The van der Waals surface area contributed by atoms with E-state index in [1.54, 1.807) is 10.7 Å². The van der Waals surface area contributed by atoms with Gasteiger partial charge in [-0.2, -0.15) is 10.2 Å². The van der Waals surface area contributed by atoms with Gasteiger partial charge in [-0.05, 0) is 38.9 Å². The number of nitrogens with zero attached hydrogens (tertiary/aromatic N) is 5. The van der Waals surface area contributed by atoms with E-state index in [1.165, 1.54) is 0 Å². The summed E-state index contributed by atoms with van der Waals surface area (Å²) in [7, 11) is 4.05. The van der Waals surface area contributed by atoms with E-state index in [0.717, 1.165) is 48.3 Å². The Morgan fingerprint density at radius 3 is 2.83 bits per heavy atom. The van der Waals surface area contributed by atoms with Crippen molar-refractivity contribution in [3.05, 3.63) is 30.6 Å². The summed E-state index contributed by atoms with van der Waals surface area (Å²) in [5, 5.41) is 11.8. The average Bonchev–Trinajstić information content (AvgIpc) is 3.27. The molecular weight excluding hydrogens is 368 g/mol. The summed E-state index contributed by atoms with van der Waals surface area (Å²) in [5.41, 5.74) is 2.86. The third kappa shape index (κ3) is 3.48. The number of carbonyl (C=O) groups excluding carboxylic acids is 1. The molecule has 152 valence electrons. The number of amides is 1. The number of pyridine rings is 1. The quantitative estimate of drug-likeness (QED) is 0.720. The van der Waals surface area contributed by atoms with Crippen LogP contribution < -0.4 is 10.1 Å². The first-order chi connectivity index (χ1) is 14.0. The molecule has 29 heavy (non-hydrogen) atoms. The summed E-state index contributed by atoms with van der Waals surface area (Å²) in [4.78, 5) is 14.3. The molecule has 0 bridgehead atoms. The number of nitrogens with one attached hydrogen (secondary N) is 1. The summed E-state index contributed by atoms with van der Waals surface area (Å²) in [5.74, 6) is 1.60. The molecule has 0 spiro atoms. The molecule has 8 nitrogen and oxygen atoms in total. The molecule has 0 aromatic carbocycles. The third-order valence-corrected chi connectivity index (χ3v) is 5.98. The third-order valence-electron chi connectivity index (χ3n) is 5.98. The second-order valence-corrected chi connectivity index (χ2v) is 8.32. The van der Waals surface area contributed by atoms with E-state index in [2.05, 4.69) is 34.4 Å². The van der Waals surface area contributed by atoms with E-state index in [9.17, 15) is 4.79 Å². The van der Waals surface area contributed by atoms with Crippen LogP contribution in [0.1, 0.15) is 26.2 Å². The Morgan fingerprint density at radius 2 is 2.10 bits per heavy atom. The number of anilines is 1. The van der Waals surface area contributed by atoms with Crippen LogP contribution in [-0.4, -0.2) is 55.9 Å². The highest BCUT2D eigenvalue weighted by Gasteiger charge is 2.30. The lowest BCUT2D eigenvalue weighted by atomic mass is 10.1. The van der Waals surface area contributed by atoms with E-state index in [1.807, 2.05) is 36.1 Å². The molecule has 5 rings (SSSR count). The van der Waals surface area contributed by atoms with Gasteiger partial charge in [-0.15, -0.1) is 0 Å². The fraction of sp³-hybridized carbons (Fsp3) is 0.476. The van der Waals surface area contributed by atoms with Crippen LogP contribution in [0.4, 0.5) is 5.82 Å². The molecule has 3 aromatic heterocycles. The van der Waals surface area contributed by atoms with Gasteiger partial charge in [0, 0.05) is 49.8 Å². The fourth-order valence-corrected chi connectivity index (χ4v) is 4.01. The Bertz CT molecular complexity index is 1060. The van der Waals surface area contributed by atoms with Gasteiger partial charge in [0.2, 0.25) is 5.91 Å². The van der Waals surface area contributed by atoms with Crippen LogP contribution in [0.25, 0.3) is 16.8 Å². The van der Waals surface area contributed by atoms with E-state index in [0.29, 0.717) is 11.9 Å². The molecule has 8 heteroatoms. The zero-order chi connectivity index (χ0) is 20.1. The monoisotopic (exact) mass is 394 g/mol. The normalized spacial score (nSPS) is 22.3. The van der Waals surface area contributed by atoms with Gasteiger partial charge in [-0.3, -0.25) is 14.4 Å². The van der Waals surface area contributed by atoms with Gasteiger partial charge in [-0.1, -0.05) is 0 Å². The first kappa shape index (κ1) is 18.2. The maximum Gasteiger partial charge on any atom is 0.228 e. The summed E-state index contributed by atoms with van der Waals surface area (Å²) in [6.07, 6.45) is 6.82. The van der Waals surface area contributed by atoms with Crippen molar-refractivity contribution in [3.63, 3.8) is 0 Å². The SMILES string of the molecule is C[C@H]1C[C@H](Oc2cnn(C)c2-c2ccn3nc(NC(=O)C4CC4)cc3c2)CN1C. The fourth-order valence-electron chi connectivity index (χ4n) is 4.01. The van der Waals surface area contributed by atoms with Gasteiger partial charge in [0.1, 0.15) is 11.8 Å². The van der Waals surface area contributed by atoms with Crippen molar-refractivity contribution in [2.75, 3.05) is 18.9 Å². The zero-order valence-corrected chi connectivity index (χ0v) is 17.0. The number of hydrogen-bond acceptors (Lipinski definition) is 5. The molecule has 2 atom stereocenters. The predicted octanol–water partition coefficient (Wildman–Crippen LogP) is 2.55. The van der Waals surface area contributed by atoms with E-state index in [-0.39, 0.29) is 17.9 Å². The zero-order valence-electron chi connectivity index (χ0n) is 17.0. The maximum absolute atomic E-state index is 12.0. The van der Waals surface area contributed by atoms with Crippen molar-refractivity contribution in [1.29, 1.82) is 0 Å². The number of fused-ring (bicyclic) bond motifs is 1. The molecule has 1 amide bonds. The van der Waals surface area contributed by atoms with Crippen LogP contribution in [0.2, 0.25) is 0 Å². The molecule has 2 aliphatic rings. The van der Waals surface area contributed by atoms with Gasteiger partial charge >= 0.3 is 0 Å². The minimum absolute atomic E-state index is 0.0618. The van der Waals surface area contributed by atoms with Crippen LogP contribution in [0.3, 0.4) is 0 Å². The van der Waals surface area contributed by atoms with Gasteiger partial charge in [0.05, 0.1) is 11.7 Å².